The standard InChI is InChI=1S/C18H19Cl2N5OS/c1-18(2,3)25-17-23-13(8-5-6-9(19)10(20)7-8)11-12(21)14(15(26)22-4)27-16(11)24-17/h5-7H,21H2,1-4H3,(H,22,26)(H,23,24,25). The molecule has 6 nitrogen and oxygen atoms in total. The fourth-order valence-electron chi connectivity index (χ4n) is 2.55. The first kappa shape index (κ1) is 19.7. The monoisotopic (exact) mass is 423 g/mol. The molecule has 0 atom stereocenters. The number of benzene rings is 1. The second-order valence-corrected chi connectivity index (χ2v) is 8.82. The van der Waals surface area contributed by atoms with Gasteiger partial charge in [0.05, 0.1) is 26.8 Å². The average molecular weight is 424 g/mol. The molecule has 3 rings (SSSR count). The van der Waals surface area contributed by atoms with Crippen LogP contribution in [0.4, 0.5) is 11.6 Å². The molecule has 0 spiro atoms. The lowest BCUT2D eigenvalue weighted by atomic mass is 10.1. The smallest absolute Gasteiger partial charge is 0.263 e. The minimum absolute atomic E-state index is 0.241. The third kappa shape index (κ3) is 3.95. The Labute approximate surface area is 171 Å². The van der Waals surface area contributed by atoms with E-state index in [0.29, 0.717) is 42.5 Å². The lowest BCUT2D eigenvalue weighted by Crippen LogP contribution is -2.27. The van der Waals surface area contributed by atoms with Crippen molar-refractivity contribution in [3.63, 3.8) is 0 Å². The van der Waals surface area contributed by atoms with Gasteiger partial charge in [-0.2, -0.15) is 0 Å². The number of hydrogen-bond donors (Lipinski definition) is 3. The Balaban J connectivity index is 2.31. The molecule has 2 heterocycles. The largest absolute Gasteiger partial charge is 0.397 e. The van der Waals surface area contributed by atoms with E-state index >= 15 is 0 Å². The number of nitrogens with one attached hydrogen (secondary N) is 2. The molecule has 27 heavy (non-hydrogen) atoms. The topological polar surface area (TPSA) is 92.9 Å². The van der Waals surface area contributed by atoms with Crippen molar-refractivity contribution in [2.75, 3.05) is 18.1 Å². The first-order chi connectivity index (χ1) is 12.6. The van der Waals surface area contributed by atoms with E-state index in [1.54, 1.807) is 19.2 Å². The second kappa shape index (κ2) is 7.14. The normalized spacial score (nSPS) is 11.6. The Morgan fingerprint density at radius 1 is 1.19 bits per heavy atom. The highest BCUT2D eigenvalue weighted by molar-refractivity contribution is 7.21. The number of nitrogen functional groups attached to an aromatic ring is 1. The predicted octanol–water partition coefficient (Wildman–Crippen LogP) is 4.82. The van der Waals surface area contributed by atoms with Crippen LogP contribution in [0.25, 0.3) is 21.5 Å². The van der Waals surface area contributed by atoms with Crippen molar-refractivity contribution in [3.8, 4) is 11.3 Å². The number of thiophene rings is 1. The van der Waals surface area contributed by atoms with Crippen LogP contribution in [-0.2, 0) is 0 Å². The molecule has 9 heteroatoms. The summed E-state index contributed by atoms with van der Waals surface area (Å²) >= 11 is 13.5. The van der Waals surface area contributed by atoms with E-state index in [2.05, 4.69) is 20.6 Å². The molecule has 1 amide bonds. The molecule has 0 fully saturated rings. The maximum Gasteiger partial charge on any atom is 0.263 e. The van der Waals surface area contributed by atoms with Gasteiger partial charge in [-0.1, -0.05) is 29.3 Å². The summed E-state index contributed by atoms with van der Waals surface area (Å²) in [5.74, 6) is 0.182. The average Bonchev–Trinajstić information content (AvgIpc) is 2.91. The lowest BCUT2D eigenvalue weighted by molar-refractivity contribution is 0.0968. The Bertz CT molecular complexity index is 1040. The highest BCUT2D eigenvalue weighted by Crippen LogP contribution is 2.40. The van der Waals surface area contributed by atoms with Crippen molar-refractivity contribution in [2.24, 2.45) is 0 Å². The summed E-state index contributed by atoms with van der Waals surface area (Å²) in [6, 6.07) is 5.24. The van der Waals surface area contributed by atoms with Crippen LogP contribution in [-0.4, -0.2) is 28.5 Å². The fourth-order valence-corrected chi connectivity index (χ4v) is 3.89. The number of anilines is 2. The molecule has 0 bridgehead atoms. The molecular formula is C18H19Cl2N5OS. The van der Waals surface area contributed by atoms with Crippen LogP contribution in [0.15, 0.2) is 18.2 Å². The van der Waals surface area contributed by atoms with Crippen molar-refractivity contribution in [1.82, 2.24) is 15.3 Å². The van der Waals surface area contributed by atoms with Crippen LogP contribution in [0.2, 0.25) is 10.0 Å². The highest BCUT2D eigenvalue weighted by atomic mass is 35.5. The number of halogens is 2. The number of nitrogens with zero attached hydrogens (tertiary/aromatic N) is 2. The van der Waals surface area contributed by atoms with E-state index in [9.17, 15) is 4.79 Å². The summed E-state index contributed by atoms with van der Waals surface area (Å²) in [5, 5.41) is 7.34. The number of nitrogens with two attached hydrogens (primary N) is 1. The quantitative estimate of drug-likeness (QED) is 0.561. The number of fused-ring (bicyclic) bond motifs is 1. The van der Waals surface area contributed by atoms with Gasteiger partial charge in [0.15, 0.2) is 0 Å². The van der Waals surface area contributed by atoms with Crippen molar-refractivity contribution in [1.29, 1.82) is 0 Å². The summed E-state index contributed by atoms with van der Waals surface area (Å²) in [6.45, 7) is 6.04. The van der Waals surface area contributed by atoms with Crippen molar-refractivity contribution in [3.05, 3.63) is 33.1 Å². The number of hydrogen-bond acceptors (Lipinski definition) is 6. The molecule has 0 aliphatic rings. The van der Waals surface area contributed by atoms with E-state index < -0.39 is 0 Å². The summed E-state index contributed by atoms with van der Waals surface area (Å²) in [5.41, 5.74) is 7.72. The number of carbonyl (C=O) groups is 1. The summed E-state index contributed by atoms with van der Waals surface area (Å²) in [6.07, 6.45) is 0. The summed E-state index contributed by atoms with van der Waals surface area (Å²) in [7, 11) is 1.56. The number of rotatable bonds is 3. The van der Waals surface area contributed by atoms with Gasteiger partial charge in [0.2, 0.25) is 5.95 Å². The van der Waals surface area contributed by atoms with E-state index in [-0.39, 0.29) is 11.4 Å². The van der Waals surface area contributed by atoms with Gasteiger partial charge < -0.3 is 16.4 Å². The van der Waals surface area contributed by atoms with Gasteiger partial charge in [-0.25, -0.2) is 9.97 Å². The minimum atomic E-state index is -0.263. The van der Waals surface area contributed by atoms with Crippen molar-refractivity contribution < 1.29 is 4.79 Å². The third-order valence-corrected chi connectivity index (χ3v) is 5.54. The third-order valence-electron chi connectivity index (χ3n) is 3.70. The Morgan fingerprint density at radius 3 is 2.48 bits per heavy atom. The molecule has 0 saturated carbocycles. The van der Waals surface area contributed by atoms with Crippen molar-refractivity contribution >= 4 is 62.3 Å². The summed E-state index contributed by atoms with van der Waals surface area (Å²) < 4.78 is 0. The predicted molar refractivity (Wildman–Crippen MR) is 114 cm³/mol. The zero-order valence-corrected chi connectivity index (χ0v) is 17.6. The van der Waals surface area contributed by atoms with Crippen LogP contribution < -0.4 is 16.4 Å². The first-order valence-corrected chi connectivity index (χ1v) is 9.73. The van der Waals surface area contributed by atoms with Gasteiger partial charge in [-0.05, 0) is 32.9 Å². The Hall–Kier alpha value is -2.09. The van der Waals surface area contributed by atoms with Crippen LogP contribution in [0.3, 0.4) is 0 Å². The number of aromatic nitrogens is 2. The van der Waals surface area contributed by atoms with Gasteiger partial charge >= 0.3 is 0 Å². The van der Waals surface area contributed by atoms with E-state index in [1.807, 2.05) is 26.8 Å². The first-order valence-electron chi connectivity index (χ1n) is 8.16. The lowest BCUT2D eigenvalue weighted by Gasteiger charge is -2.21. The molecule has 0 aliphatic carbocycles. The van der Waals surface area contributed by atoms with Gasteiger partial charge in [-0.15, -0.1) is 11.3 Å². The van der Waals surface area contributed by atoms with Gasteiger partial charge in [0.1, 0.15) is 9.71 Å². The van der Waals surface area contributed by atoms with E-state index in [4.69, 9.17) is 28.9 Å². The molecule has 0 saturated heterocycles. The van der Waals surface area contributed by atoms with Crippen molar-refractivity contribution in [2.45, 2.75) is 26.3 Å². The molecule has 1 aromatic carbocycles. The number of carbonyl (C=O) groups excluding carboxylic acids is 1. The van der Waals surface area contributed by atoms with Crippen LogP contribution in [0.1, 0.15) is 30.4 Å². The molecular weight excluding hydrogens is 405 g/mol. The van der Waals surface area contributed by atoms with E-state index in [0.717, 1.165) is 5.56 Å². The van der Waals surface area contributed by atoms with Crippen LogP contribution >= 0.6 is 34.5 Å². The van der Waals surface area contributed by atoms with E-state index in [1.165, 1.54) is 11.3 Å². The number of amides is 1. The molecule has 0 unspecified atom stereocenters. The fraction of sp³-hybridized carbons (Fsp3) is 0.278. The maximum atomic E-state index is 12.2. The van der Waals surface area contributed by atoms with Crippen LogP contribution in [0, 0.1) is 0 Å². The maximum absolute atomic E-state index is 12.2. The zero-order chi connectivity index (χ0) is 19.9. The second-order valence-electron chi connectivity index (χ2n) is 7.00. The SMILES string of the molecule is CNC(=O)c1sc2nc(NC(C)(C)C)nc(-c3ccc(Cl)c(Cl)c3)c2c1N. The molecule has 0 radical (unpaired) electrons. The highest BCUT2D eigenvalue weighted by Gasteiger charge is 2.23. The molecule has 0 aliphatic heterocycles. The van der Waals surface area contributed by atoms with Gasteiger partial charge in [-0.3, -0.25) is 4.79 Å². The van der Waals surface area contributed by atoms with Gasteiger partial charge in [0.25, 0.3) is 5.91 Å². The summed E-state index contributed by atoms with van der Waals surface area (Å²) in [4.78, 5) is 22.4. The van der Waals surface area contributed by atoms with Gasteiger partial charge in [0, 0.05) is 18.2 Å². The minimum Gasteiger partial charge on any atom is -0.397 e. The van der Waals surface area contributed by atoms with Crippen LogP contribution in [0.5, 0.6) is 0 Å². The Morgan fingerprint density at radius 2 is 1.89 bits per heavy atom. The molecule has 3 aromatic rings. The molecule has 2 aromatic heterocycles. The molecule has 4 N–H and O–H groups in total. The Kier molecular flexibility index (Phi) is 5.20. The molecule has 142 valence electrons. The zero-order valence-electron chi connectivity index (χ0n) is 15.3.